The molecule has 0 heterocycles. The van der Waals surface area contributed by atoms with Crippen LogP contribution in [-0.4, -0.2) is 50.5 Å². The number of carbonyl (C=O) groups excluding carboxylic acids is 2. The highest BCUT2D eigenvalue weighted by atomic mass is 32.2. The minimum absolute atomic E-state index is 0.202. The van der Waals surface area contributed by atoms with Gasteiger partial charge < -0.3 is 10.2 Å². The zero-order chi connectivity index (χ0) is 25.3. The quantitative estimate of drug-likeness (QED) is 0.463. The van der Waals surface area contributed by atoms with Crippen molar-refractivity contribution in [1.29, 1.82) is 0 Å². The Morgan fingerprint density at radius 1 is 0.971 bits per heavy atom. The van der Waals surface area contributed by atoms with Crippen LogP contribution in [0.4, 0.5) is 5.69 Å². The van der Waals surface area contributed by atoms with E-state index in [9.17, 15) is 18.0 Å². The summed E-state index contributed by atoms with van der Waals surface area (Å²) in [4.78, 5) is 27.7. The van der Waals surface area contributed by atoms with Crippen molar-refractivity contribution in [2.24, 2.45) is 0 Å². The molecule has 2 rings (SSSR count). The SMILES string of the molecule is CCCCNC(=O)C(C)N(Cc1ccc(C)cc1)C(=O)CN(c1ccc(CC)cc1)S(C)(=O)=O. The van der Waals surface area contributed by atoms with Crippen LogP contribution >= 0.6 is 0 Å². The van der Waals surface area contributed by atoms with E-state index in [1.54, 1.807) is 19.1 Å². The van der Waals surface area contributed by atoms with Gasteiger partial charge >= 0.3 is 0 Å². The van der Waals surface area contributed by atoms with Crippen molar-refractivity contribution in [3.63, 3.8) is 0 Å². The lowest BCUT2D eigenvalue weighted by molar-refractivity contribution is -0.139. The van der Waals surface area contributed by atoms with E-state index < -0.39 is 22.0 Å². The van der Waals surface area contributed by atoms with Crippen molar-refractivity contribution < 1.29 is 18.0 Å². The summed E-state index contributed by atoms with van der Waals surface area (Å²) in [5, 5.41) is 2.88. The molecule has 2 aromatic rings. The van der Waals surface area contributed by atoms with Gasteiger partial charge in [0.1, 0.15) is 12.6 Å². The van der Waals surface area contributed by atoms with Gasteiger partial charge in [0.2, 0.25) is 21.8 Å². The standard InChI is InChI=1S/C26H37N3O4S/c1-6-8-17-27-26(31)21(4)28(18-23-11-9-20(3)10-12-23)25(30)19-29(34(5,32)33)24-15-13-22(7-2)14-16-24/h9-16,21H,6-8,17-19H2,1-5H3,(H,27,31). The highest BCUT2D eigenvalue weighted by Gasteiger charge is 2.30. The van der Waals surface area contributed by atoms with E-state index in [1.165, 1.54) is 4.90 Å². The molecule has 1 N–H and O–H groups in total. The first-order valence-corrected chi connectivity index (χ1v) is 13.6. The number of amides is 2. The van der Waals surface area contributed by atoms with Gasteiger partial charge in [0.15, 0.2) is 0 Å². The summed E-state index contributed by atoms with van der Waals surface area (Å²) in [7, 11) is -3.72. The van der Waals surface area contributed by atoms with Crippen LogP contribution in [0.5, 0.6) is 0 Å². The fourth-order valence-corrected chi connectivity index (χ4v) is 4.37. The van der Waals surface area contributed by atoms with Gasteiger partial charge in [0, 0.05) is 13.1 Å². The lowest BCUT2D eigenvalue weighted by Gasteiger charge is -2.31. The summed E-state index contributed by atoms with van der Waals surface area (Å²) < 4.78 is 26.3. The second-order valence-electron chi connectivity index (χ2n) is 8.62. The Labute approximate surface area is 204 Å². The van der Waals surface area contributed by atoms with Crippen LogP contribution in [0.25, 0.3) is 0 Å². The predicted octanol–water partition coefficient (Wildman–Crippen LogP) is 3.66. The molecule has 186 valence electrons. The van der Waals surface area contributed by atoms with Gasteiger partial charge in [-0.2, -0.15) is 0 Å². The topological polar surface area (TPSA) is 86.8 Å². The van der Waals surface area contributed by atoms with E-state index in [-0.39, 0.29) is 19.0 Å². The van der Waals surface area contributed by atoms with E-state index in [1.807, 2.05) is 57.2 Å². The second-order valence-corrected chi connectivity index (χ2v) is 10.5. The summed E-state index contributed by atoms with van der Waals surface area (Å²) in [6.07, 6.45) is 3.70. The molecule has 34 heavy (non-hydrogen) atoms. The van der Waals surface area contributed by atoms with Crippen LogP contribution in [0.15, 0.2) is 48.5 Å². The molecule has 0 spiro atoms. The summed E-state index contributed by atoms with van der Waals surface area (Å²) in [6, 6.07) is 14.1. The Morgan fingerprint density at radius 2 is 1.56 bits per heavy atom. The van der Waals surface area contributed by atoms with Gasteiger partial charge in [0.05, 0.1) is 11.9 Å². The molecule has 0 saturated heterocycles. The molecule has 2 aromatic carbocycles. The smallest absolute Gasteiger partial charge is 0.244 e. The number of nitrogens with zero attached hydrogens (tertiary/aromatic N) is 2. The molecule has 1 unspecified atom stereocenters. The Hall–Kier alpha value is -2.87. The molecule has 0 aromatic heterocycles. The van der Waals surface area contributed by atoms with Gasteiger partial charge in [-0.1, -0.05) is 62.2 Å². The number of anilines is 1. The van der Waals surface area contributed by atoms with Crippen molar-refractivity contribution in [2.45, 2.75) is 59.5 Å². The molecule has 0 bridgehead atoms. The molecular formula is C26H37N3O4S. The first-order chi connectivity index (χ1) is 16.1. The van der Waals surface area contributed by atoms with E-state index >= 15 is 0 Å². The molecule has 0 aliphatic heterocycles. The van der Waals surface area contributed by atoms with Crippen LogP contribution in [0, 0.1) is 6.92 Å². The number of sulfonamides is 1. The molecule has 0 fully saturated rings. The molecule has 2 amide bonds. The maximum Gasteiger partial charge on any atom is 0.244 e. The first-order valence-electron chi connectivity index (χ1n) is 11.8. The summed E-state index contributed by atoms with van der Waals surface area (Å²) in [6.45, 7) is 8.05. The van der Waals surface area contributed by atoms with E-state index in [0.717, 1.165) is 46.5 Å². The fourth-order valence-electron chi connectivity index (χ4n) is 3.52. The van der Waals surface area contributed by atoms with Gasteiger partial charge in [-0.3, -0.25) is 13.9 Å². The summed E-state index contributed by atoms with van der Waals surface area (Å²) in [5.41, 5.74) is 3.45. The van der Waals surface area contributed by atoms with Crippen LogP contribution in [0.1, 0.15) is 50.3 Å². The Kier molecular flexibility index (Phi) is 10.1. The highest BCUT2D eigenvalue weighted by molar-refractivity contribution is 7.92. The Balaban J connectivity index is 2.32. The van der Waals surface area contributed by atoms with E-state index in [4.69, 9.17) is 0 Å². The lowest BCUT2D eigenvalue weighted by atomic mass is 10.1. The number of aryl methyl sites for hydroxylation is 2. The Morgan fingerprint density at radius 3 is 2.09 bits per heavy atom. The normalized spacial score (nSPS) is 12.1. The van der Waals surface area contributed by atoms with E-state index in [2.05, 4.69) is 5.32 Å². The largest absolute Gasteiger partial charge is 0.354 e. The molecule has 0 saturated carbocycles. The molecule has 0 aliphatic rings. The number of rotatable bonds is 12. The van der Waals surface area contributed by atoms with Crippen molar-refractivity contribution >= 4 is 27.5 Å². The van der Waals surface area contributed by atoms with E-state index in [0.29, 0.717) is 12.2 Å². The van der Waals surface area contributed by atoms with Crippen molar-refractivity contribution in [3.05, 3.63) is 65.2 Å². The monoisotopic (exact) mass is 487 g/mol. The molecule has 8 heteroatoms. The number of carbonyl (C=O) groups is 2. The number of benzene rings is 2. The number of unbranched alkanes of at least 4 members (excludes halogenated alkanes) is 1. The third kappa shape index (κ3) is 7.87. The average molecular weight is 488 g/mol. The first kappa shape index (κ1) is 27.4. The van der Waals surface area contributed by atoms with Crippen LogP contribution in [0.2, 0.25) is 0 Å². The number of hydrogen-bond acceptors (Lipinski definition) is 4. The molecule has 1 atom stereocenters. The lowest BCUT2D eigenvalue weighted by Crippen LogP contribution is -2.51. The number of nitrogens with one attached hydrogen (secondary N) is 1. The number of hydrogen-bond donors (Lipinski definition) is 1. The molecule has 0 radical (unpaired) electrons. The maximum absolute atomic E-state index is 13.5. The van der Waals surface area contributed by atoms with Crippen molar-refractivity contribution in [1.82, 2.24) is 10.2 Å². The Bertz CT molecular complexity index is 1050. The maximum atomic E-state index is 13.5. The van der Waals surface area contributed by atoms with Crippen LogP contribution < -0.4 is 9.62 Å². The van der Waals surface area contributed by atoms with Crippen LogP contribution in [-0.2, 0) is 32.6 Å². The second kappa shape index (κ2) is 12.6. The van der Waals surface area contributed by atoms with Gasteiger partial charge in [-0.25, -0.2) is 8.42 Å². The fraction of sp³-hybridized carbons (Fsp3) is 0.462. The van der Waals surface area contributed by atoms with Gasteiger partial charge in [-0.05, 0) is 49.9 Å². The minimum atomic E-state index is -3.72. The summed E-state index contributed by atoms with van der Waals surface area (Å²) in [5.74, 6) is -0.698. The summed E-state index contributed by atoms with van der Waals surface area (Å²) >= 11 is 0. The van der Waals surface area contributed by atoms with Crippen molar-refractivity contribution in [2.75, 3.05) is 23.7 Å². The minimum Gasteiger partial charge on any atom is -0.354 e. The third-order valence-electron chi connectivity index (χ3n) is 5.78. The zero-order valence-corrected chi connectivity index (χ0v) is 21.7. The third-order valence-corrected chi connectivity index (χ3v) is 6.92. The zero-order valence-electron chi connectivity index (χ0n) is 20.9. The highest BCUT2D eigenvalue weighted by Crippen LogP contribution is 2.20. The predicted molar refractivity (Wildman–Crippen MR) is 137 cm³/mol. The van der Waals surface area contributed by atoms with Gasteiger partial charge in [0.25, 0.3) is 0 Å². The van der Waals surface area contributed by atoms with Gasteiger partial charge in [-0.15, -0.1) is 0 Å². The molecule has 7 nitrogen and oxygen atoms in total. The van der Waals surface area contributed by atoms with Crippen molar-refractivity contribution in [3.8, 4) is 0 Å². The average Bonchev–Trinajstić information content (AvgIpc) is 2.81. The molecule has 0 aliphatic carbocycles. The van der Waals surface area contributed by atoms with Crippen LogP contribution in [0.3, 0.4) is 0 Å². The molecular weight excluding hydrogens is 450 g/mol.